The third kappa shape index (κ3) is 3.41. The zero-order valence-electron chi connectivity index (χ0n) is 7.50. The first-order valence-electron chi connectivity index (χ1n) is 4.14. The molecule has 0 amide bonds. The van der Waals surface area contributed by atoms with Crippen molar-refractivity contribution in [3.05, 3.63) is 0 Å². The van der Waals surface area contributed by atoms with Crippen molar-refractivity contribution in [3.8, 4) is 0 Å². The largest absolute Gasteiger partial charge is 0.462 e. The summed E-state index contributed by atoms with van der Waals surface area (Å²) in [5.41, 5.74) is 0. The molecule has 1 aliphatic rings. The Balaban J connectivity index is 0.00000121. The molecular formula is C8H16ClNO2. The van der Waals surface area contributed by atoms with Crippen LogP contribution in [-0.4, -0.2) is 24.7 Å². The Kier molecular flexibility index (Phi) is 5.25. The average Bonchev–Trinajstić information content (AvgIpc) is 2.35. The number of hydrogen-bond donors (Lipinski definition) is 1. The molecule has 1 aliphatic heterocycles. The van der Waals surface area contributed by atoms with Crippen molar-refractivity contribution < 1.29 is 9.53 Å². The second kappa shape index (κ2) is 5.38. The highest BCUT2D eigenvalue weighted by Crippen LogP contribution is 2.07. The van der Waals surface area contributed by atoms with Crippen LogP contribution in [0.3, 0.4) is 0 Å². The summed E-state index contributed by atoms with van der Waals surface area (Å²) in [6.07, 6.45) is 2.01. The van der Waals surface area contributed by atoms with Crippen LogP contribution in [0.15, 0.2) is 0 Å². The molecule has 0 aliphatic carbocycles. The molecule has 1 fully saturated rings. The number of halogens is 1. The molecule has 0 radical (unpaired) electrons. The van der Waals surface area contributed by atoms with Crippen molar-refractivity contribution in [1.29, 1.82) is 0 Å². The van der Waals surface area contributed by atoms with Crippen LogP contribution in [0.25, 0.3) is 0 Å². The Morgan fingerprint density at radius 2 is 2.25 bits per heavy atom. The summed E-state index contributed by atoms with van der Waals surface area (Å²) in [7, 11) is 0. The van der Waals surface area contributed by atoms with E-state index in [2.05, 4.69) is 5.32 Å². The Morgan fingerprint density at radius 1 is 1.58 bits per heavy atom. The second-order valence-electron chi connectivity index (χ2n) is 3.13. The lowest BCUT2D eigenvalue weighted by molar-refractivity contribution is -0.149. The molecule has 1 atom stereocenters. The summed E-state index contributed by atoms with van der Waals surface area (Å²) in [5, 5.41) is 3.09. The van der Waals surface area contributed by atoms with Gasteiger partial charge in [0.15, 0.2) is 0 Å². The first kappa shape index (κ1) is 11.7. The number of carbonyl (C=O) groups excluding carboxylic acids is 1. The molecule has 0 aromatic heterocycles. The van der Waals surface area contributed by atoms with Crippen molar-refractivity contribution in [2.75, 3.05) is 6.54 Å². The smallest absolute Gasteiger partial charge is 0.323 e. The predicted octanol–water partition coefficient (Wildman–Crippen LogP) is 1.11. The van der Waals surface area contributed by atoms with Crippen molar-refractivity contribution in [1.82, 2.24) is 5.32 Å². The average molecular weight is 194 g/mol. The lowest BCUT2D eigenvalue weighted by Crippen LogP contribution is -2.33. The Bertz CT molecular complexity index is 144. The van der Waals surface area contributed by atoms with Gasteiger partial charge in [-0.2, -0.15) is 0 Å². The minimum Gasteiger partial charge on any atom is -0.462 e. The van der Waals surface area contributed by atoms with Gasteiger partial charge >= 0.3 is 5.97 Å². The number of ether oxygens (including phenoxy) is 1. The molecule has 0 bridgehead atoms. The van der Waals surface area contributed by atoms with Gasteiger partial charge in [-0.25, -0.2) is 0 Å². The number of esters is 1. The monoisotopic (exact) mass is 193 g/mol. The SMILES string of the molecule is CC(C)OC(=O)[C@H]1CCCN1.Cl. The fourth-order valence-corrected chi connectivity index (χ4v) is 1.20. The summed E-state index contributed by atoms with van der Waals surface area (Å²) in [4.78, 5) is 11.2. The lowest BCUT2D eigenvalue weighted by atomic mass is 10.2. The van der Waals surface area contributed by atoms with Gasteiger partial charge < -0.3 is 10.1 Å². The molecule has 0 saturated carbocycles. The molecule has 4 heteroatoms. The van der Waals surface area contributed by atoms with Crippen molar-refractivity contribution in [2.24, 2.45) is 0 Å². The molecule has 0 aromatic carbocycles. The maximum atomic E-state index is 11.2. The summed E-state index contributed by atoms with van der Waals surface area (Å²) in [6.45, 7) is 4.68. The number of hydrogen-bond acceptors (Lipinski definition) is 3. The van der Waals surface area contributed by atoms with Gasteiger partial charge in [-0.15, -0.1) is 12.4 Å². The molecule has 0 spiro atoms. The van der Waals surface area contributed by atoms with E-state index in [4.69, 9.17) is 4.74 Å². The maximum Gasteiger partial charge on any atom is 0.323 e. The molecule has 1 heterocycles. The van der Waals surface area contributed by atoms with Gasteiger partial charge in [0.25, 0.3) is 0 Å². The lowest BCUT2D eigenvalue weighted by Gasteiger charge is -2.12. The molecule has 0 unspecified atom stereocenters. The highest BCUT2D eigenvalue weighted by Gasteiger charge is 2.23. The first-order valence-corrected chi connectivity index (χ1v) is 4.14. The van der Waals surface area contributed by atoms with E-state index in [1.54, 1.807) is 0 Å². The highest BCUT2D eigenvalue weighted by molar-refractivity contribution is 5.85. The van der Waals surface area contributed by atoms with Crippen LogP contribution < -0.4 is 5.32 Å². The Hall–Kier alpha value is -0.280. The fraction of sp³-hybridized carbons (Fsp3) is 0.875. The van der Waals surface area contributed by atoms with Crippen LogP contribution in [0.4, 0.5) is 0 Å². The summed E-state index contributed by atoms with van der Waals surface area (Å²) in [5.74, 6) is -0.0995. The van der Waals surface area contributed by atoms with Crippen LogP contribution in [0.5, 0.6) is 0 Å². The quantitative estimate of drug-likeness (QED) is 0.668. The molecular weight excluding hydrogens is 178 g/mol. The molecule has 1 rings (SSSR count). The first-order chi connectivity index (χ1) is 5.20. The molecule has 72 valence electrons. The van der Waals surface area contributed by atoms with Crippen LogP contribution >= 0.6 is 12.4 Å². The van der Waals surface area contributed by atoms with Gasteiger partial charge in [-0.1, -0.05) is 0 Å². The number of nitrogens with one attached hydrogen (secondary N) is 1. The van der Waals surface area contributed by atoms with Gasteiger partial charge in [-0.3, -0.25) is 4.79 Å². The normalized spacial score (nSPS) is 22.1. The van der Waals surface area contributed by atoms with Crippen LogP contribution in [0.1, 0.15) is 26.7 Å². The van der Waals surface area contributed by atoms with E-state index in [9.17, 15) is 4.79 Å². The van der Waals surface area contributed by atoms with Crippen molar-refractivity contribution in [2.45, 2.75) is 38.8 Å². The Labute approximate surface area is 79.3 Å². The molecule has 1 saturated heterocycles. The molecule has 3 nitrogen and oxygen atoms in total. The zero-order chi connectivity index (χ0) is 8.27. The minimum absolute atomic E-state index is 0. The van der Waals surface area contributed by atoms with Crippen molar-refractivity contribution >= 4 is 18.4 Å². The van der Waals surface area contributed by atoms with Gasteiger partial charge in [0, 0.05) is 0 Å². The van der Waals surface area contributed by atoms with Crippen molar-refractivity contribution in [3.63, 3.8) is 0 Å². The molecule has 12 heavy (non-hydrogen) atoms. The van der Waals surface area contributed by atoms with Gasteiger partial charge in [0.05, 0.1) is 6.10 Å². The van der Waals surface area contributed by atoms with Gasteiger partial charge in [0.1, 0.15) is 6.04 Å². The van der Waals surface area contributed by atoms with E-state index in [0.29, 0.717) is 0 Å². The summed E-state index contributed by atoms with van der Waals surface area (Å²) < 4.78 is 5.03. The van der Waals surface area contributed by atoms with E-state index in [1.165, 1.54) is 0 Å². The number of carbonyl (C=O) groups is 1. The molecule has 0 aromatic rings. The zero-order valence-corrected chi connectivity index (χ0v) is 8.32. The highest BCUT2D eigenvalue weighted by atomic mass is 35.5. The Morgan fingerprint density at radius 3 is 2.67 bits per heavy atom. The minimum atomic E-state index is -0.0995. The third-order valence-electron chi connectivity index (χ3n) is 1.70. The number of rotatable bonds is 2. The maximum absolute atomic E-state index is 11.2. The van der Waals surface area contributed by atoms with Crippen LogP contribution in [0, 0.1) is 0 Å². The second-order valence-corrected chi connectivity index (χ2v) is 3.13. The van der Waals surface area contributed by atoms with E-state index < -0.39 is 0 Å². The predicted molar refractivity (Wildman–Crippen MR) is 49.5 cm³/mol. The molecule has 1 N–H and O–H groups in total. The summed E-state index contributed by atoms with van der Waals surface area (Å²) in [6, 6.07) is -0.0441. The van der Waals surface area contributed by atoms with E-state index in [1.807, 2.05) is 13.8 Å². The third-order valence-corrected chi connectivity index (χ3v) is 1.70. The van der Waals surface area contributed by atoms with Crippen LogP contribution in [0.2, 0.25) is 0 Å². The van der Waals surface area contributed by atoms with E-state index in [-0.39, 0.29) is 30.5 Å². The van der Waals surface area contributed by atoms with Gasteiger partial charge in [-0.05, 0) is 33.2 Å². The van der Waals surface area contributed by atoms with Gasteiger partial charge in [0.2, 0.25) is 0 Å². The standard InChI is InChI=1S/C8H15NO2.ClH/c1-6(2)11-8(10)7-4-3-5-9-7;/h6-7,9H,3-5H2,1-2H3;1H/t7-;/m1./s1. The topological polar surface area (TPSA) is 38.3 Å². The van der Waals surface area contributed by atoms with Crippen LogP contribution in [-0.2, 0) is 9.53 Å². The van der Waals surface area contributed by atoms with E-state index in [0.717, 1.165) is 19.4 Å². The summed E-state index contributed by atoms with van der Waals surface area (Å²) >= 11 is 0. The van der Waals surface area contributed by atoms with E-state index >= 15 is 0 Å². The fourth-order valence-electron chi connectivity index (χ4n) is 1.20.